The third-order valence-electron chi connectivity index (χ3n) is 1.44. The zero-order valence-electron chi connectivity index (χ0n) is 6.71. The first-order valence-electron chi connectivity index (χ1n) is 3.48. The fraction of sp³-hybridized carbons (Fsp3) is 0. The van der Waals surface area contributed by atoms with Gasteiger partial charge in [-0.2, -0.15) is 0 Å². The van der Waals surface area contributed by atoms with E-state index >= 15 is 0 Å². The second kappa shape index (κ2) is 4.91. The number of rotatable bonds is 2. The van der Waals surface area contributed by atoms with Crippen LogP contribution >= 0.6 is 43.5 Å². The van der Waals surface area contributed by atoms with Gasteiger partial charge < -0.3 is 0 Å². The Kier molecular flexibility index (Phi) is 4.10. The van der Waals surface area contributed by atoms with Crippen molar-refractivity contribution < 1.29 is 4.92 Å². The normalized spacial score (nSPS) is 12.2. The quantitative estimate of drug-likeness (QED) is 0.463. The molecular formula is C8H4Br2ClNO2. The number of halogens is 3. The van der Waals surface area contributed by atoms with E-state index < -0.39 is 4.92 Å². The first-order chi connectivity index (χ1) is 6.52. The molecule has 6 heteroatoms. The van der Waals surface area contributed by atoms with Crippen LogP contribution in [0.15, 0.2) is 28.9 Å². The molecule has 14 heavy (non-hydrogen) atoms. The Morgan fingerprint density at radius 1 is 1.29 bits per heavy atom. The van der Waals surface area contributed by atoms with Crippen LogP contribution in [0.2, 0.25) is 5.02 Å². The zero-order chi connectivity index (χ0) is 10.7. The lowest BCUT2D eigenvalue weighted by molar-refractivity contribution is -0.407. The van der Waals surface area contributed by atoms with Crippen LogP contribution in [0.4, 0.5) is 0 Å². The monoisotopic (exact) mass is 339 g/mol. The number of hydrogen-bond acceptors (Lipinski definition) is 2. The lowest BCUT2D eigenvalue weighted by Gasteiger charge is -1.98. The molecule has 0 aliphatic rings. The maximum Gasteiger partial charge on any atom is 0.325 e. The summed E-state index contributed by atoms with van der Waals surface area (Å²) in [6.07, 6.45) is 0. The Morgan fingerprint density at radius 2 is 1.79 bits per heavy atom. The largest absolute Gasteiger partial charge is 0.325 e. The van der Waals surface area contributed by atoms with Gasteiger partial charge in [-0.3, -0.25) is 10.1 Å². The minimum atomic E-state index is -0.515. The van der Waals surface area contributed by atoms with Gasteiger partial charge in [-0.1, -0.05) is 23.7 Å². The second-order valence-electron chi connectivity index (χ2n) is 2.37. The number of nitrogens with zero attached hydrogens (tertiary/aromatic N) is 1. The molecule has 0 bridgehead atoms. The number of nitro groups is 1. The summed E-state index contributed by atoms with van der Waals surface area (Å²) in [5, 5.41) is 11.0. The van der Waals surface area contributed by atoms with Crippen molar-refractivity contribution in [3.63, 3.8) is 0 Å². The van der Waals surface area contributed by atoms with Gasteiger partial charge in [0, 0.05) is 21.0 Å². The van der Waals surface area contributed by atoms with Crippen LogP contribution in [0.5, 0.6) is 0 Å². The average Bonchev–Trinajstić information content (AvgIpc) is 2.16. The molecule has 0 aliphatic heterocycles. The first-order valence-corrected chi connectivity index (χ1v) is 5.44. The van der Waals surface area contributed by atoms with Gasteiger partial charge in [-0.15, -0.1) is 0 Å². The van der Waals surface area contributed by atoms with Crippen molar-refractivity contribution in [2.75, 3.05) is 0 Å². The minimum Gasteiger partial charge on any atom is -0.258 e. The van der Waals surface area contributed by atoms with E-state index in [1.165, 1.54) is 0 Å². The molecule has 0 amide bonds. The molecule has 0 aliphatic carbocycles. The van der Waals surface area contributed by atoms with Gasteiger partial charge in [0.1, 0.15) is 4.48 Å². The lowest BCUT2D eigenvalue weighted by Crippen LogP contribution is -1.92. The molecule has 0 heterocycles. The van der Waals surface area contributed by atoms with Crippen molar-refractivity contribution >= 4 is 47.9 Å². The summed E-state index contributed by atoms with van der Waals surface area (Å²) in [5.41, 5.74) is 0.693. The van der Waals surface area contributed by atoms with Gasteiger partial charge in [0.15, 0.2) is 0 Å². The number of hydrogen-bond donors (Lipinski definition) is 0. The molecule has 0 N–H and O–H groups in total. The van der Waals surface area contributed by atoms with E-state index in [0.29, 0.717) is 15.1 Å². The highest BCUT2D eigenvalue weighted by Crippen LogP contribution is 2.29. The minimum absolute atomic E-state index is 0.111. The SMILES string of the molecule is O=[N+]([O-])C(Br)=C(Br)c1ccc(Cl)cc1. The molecule has 0 unspecified atom stereocenters. The van der Waals surface area contributed by atoms with E-state index in [1.807, 2.05) is 0 Å². The van der Waals surface area contributed by atoms with Gasteiger partial charge in [0.05, 0.1) is 4.92 Å². The topological polar surface area (TPSA) is 43.1 Å². The van der Waals surface area contributed by atoms with Gasteiger partial charge in [-0.25, -0.2) is 0 Å². The molecule has 0 saturated heterocycles. The third kappa shape index (κ3) is 2.80. The molecule has 0 atom stereocenters. The zero-order valence-corrected chi connectivity index (χ0v) is 10.6. The van der Waals surface area contributed by atoms with Gasteiger partial charge in [-0.05, 0) is 33.6 Å². The maximum atomic E-state index is 10.4. The summed E-state index contributed by atoms with van der Waals surface area (Å²) in [5.74, 6) is 0. The van der Waals surface area contributed by atoms with Crippen molar-refractivity contribution in [3.8, 4) is 0 Å². The average molecular weight is 341 g/mol. The molecule has 1 rings (SSSR count). The van der Waals surface area contributed by atoms with Crippen LogP contribution in [0, 0.1) is 10.1 Å². The summed E-state index contributed by atoms with van der Waals surface area (Å²) in [6, 6.07) is 6.71. The molecule has 74 valence electrons. The van der Waals surface area contributed by atoms with Crippen LogP contribution in [-0.4, -0.2) is 4.92 Å². The summed E-state index contributed by atoms with van der Waals surface area (Å²) >= 11 is 11.7. The Bertz CT molecular complexity index is 389. The molecule has 3 nitrogen and oxygen atoms in total. The fourth-order valence-electron chi connectivity index (χ4n) is 0.795. The van der Waals surface area contributed by atoms with Crippen molar-refractivity contribution in [3.05, 3.63) is 49.6 Å². The van der Waals surface area contributed by atoms with Crippen LogP contribution in [0.1, 0.15) is 5.56 Å². The maximum absolute atomic E-state index is 10.4. The third-order valence-corrected chi connectivity index (χ3v) is 3.74. The van der Waals surface area contributed by atoms with E-state index in [9.17, 15) is 10.1 Å². The summed E-state index contributed by atoms with van der Waals surface area (Å²) in [6.45, 7) is 0. The predicted molar refractivity (Wildman–Crippen MR) is 63.2 cm³/mol. The Hall–Kier alpha value is -0.390. The van der Waals surface area contributed by atoms with E-state index in [4.69, 9.17) is 11.6 Å². The van der Waals surface area contributed by atoms with Crippen LogP contribution in [-0.2, 0) is 0 Å². The summed E-state index contributed by atoms with van der Waals surface area (Å²) < 4.78 is 0.277. The second-order valence-corrected chi connectivity index (χ2v) is 4.35. The highest BCUT2D eigenvalue weighted by Gasteiger charge is 2.13. The summed E-state index contributed by atoms with van der Waals surface area (Å²) in [7, 11) is 0. The van der Waals surface area contributed by atoms with E-state index in [0.717, 1.165) is 0 Å². The molecule has 0 aromatic heterocycles. The Morgan fingerprint density at radius 3 is 2.21 bits per heavy atom. The van der Waals surface area contributed by atoms with Gasteiger partial charge in [0.2, 0.25) is 0 Å². The van der Waals surface area contributed by atoms with Crippen LogP contribution < -0.4 is 0 Å². The van der Waals surface area contributed by atoms with Crippen molar-refractivity contribution in [2.24, 2.45) is 0 Å². The molecule has 1 aromatic rings. The highest BCUT2D eigenvalue weighted by molar-refractivity contribution is 9.16. The van der Waals surface area contributed by atoms with Gasteiger partial charge >= 0.3 is 4.61 Å². The van der Waals surface area contributed by atoms with Crippen molar-refractivity contribution in [1.29, 1.82) is 0 Å². The first kappa shape index (κ1) is 11.7. The van der Waals surface area contributed by atoms with E-state index in [1.54, 1.807) is 24.3 Å². The molecule has 1 aromatic carbocycles. The van der Waals surface area contributed by atoms with Crippen LogP contribution in [0.3, 0.4) is 0 Å². The lowest BCUT2D eigenvalue weighted by atomic mass is 10.2. The van der Waals surface area contributed by atoms with E-state index in [-0.39, 0.29) is 4.61 Å². The summed E-state index contributed by atoms with van der Waals surface area (Å²) in [4.78, 5) is 9.91. The molecule has 0 fully saturated rings. The molecule has 0 saturated carbocycles. The van der Waals surface area contributed by atoms with Gasteiger partial charge in [0.25, 0.3) is 0 Å². The Balaban J connectivity index is 3.12. The van der Waals surface area contributed by atoms with Crippen molar-refractivity contribution in [1.82, 2.24) is 0 Å². The fourth-order valence-corrected chi connectivity index (χ4v) is 1.56. The number of benzene rings is 1. The van der Waals surface area contributed by atoms with Crippen molar-refractivity contribution in [2.45, 2.75) is 0 Å². The van der Waals surface area contributed by atoms with E-state index in [2.05, 4.69) is 31.9 Å². The molecular weight excluding hydrogens is 337 g/mol. The standard InChI is InChI=1S/C8H4Br2ClNO2/c9-7(8(10)12(13)14)5-1-3-6(11)4-2-5/h1-4H. The molecule has 0 radical (unpaired) electrons. The predicted octanol–water partition coefficient (Wildman–Crippen LogP) is 4.03. The highest BCUT2D eigenvalue weighted by atomic mass is 79.9. The molecule has 0 spiro atoms. The Labute approximate surface area is 102 Å². The smallest absolute Gasteiger partial charge is 0.258 e. The van der Waals surface area contributed by atoms with Crippen LogP contribution in [0.25, 0.3) is 4.48 Å².